The Balaban J connectivity index is 1.57. The van der Waals surface area contributed by atoms with Crippen molar-refractivity contribution in [1.29, 1.82) is 0 Å². The Morgan fingerprint density at radius 3 is 2.62 bits per heavy atom. The topological polar surface area (TPSA) is 46.3 Å². The quantitative estimate of drug-likeness (QED) is 0.669. The van der Waals surface area contributed by atoms with Crippen LogP contribution < -0.4 is 0 Å². The molecule has 1 atom stereocenters. The highest BCUT2D eigenvalue weighted by Crippen LogP contribution is 2.31. The first kappa shape index (κ1) is 16.6. The normalized spacial score (nSPS) is 17.3. The zero-order valence-corrected chi connectivity index (χ0v) is 14.9. The summed E-state index contributed by atoms with van der Waals surface area (Å²) in [4.78, 5) is 19.6. The standard InChI is InChI=1S/C22H22N2O2/c1-16-8-13-21(26-16)17-9-11-18(12-10-17)22(25)24-15-5-3-7-20(24)19-6-2-4-14-23-19/h2,4,6,8-14,20H,3,5,7,15H2,1H3/t20-/m0/s1. The van der Waals surface area contributed by atoms with Crippen molar-refractivity contribution in [1.82, 2.24) is 9.88 Å². The second kappa shape index (κ2) is 7.16. The lowest BCUT2D eigenvalue weighted by Crippen LogP contribution is -2.38. The van der Waals surface area contributed by atoms with Gasteiger partial charge >= 0.3 is 0 Å². The van der Waals surface area contributed by atoms with E-state index in [1.807, 2.05) is 66.4 Å². The molecule has 0 radical (unpaired) electrons. The summed E-state index contributed by atoms with van der Waals surface area (Å²) in [7, 11) is 0. The van der Waals surface area contributed by atoms with Crippen molar-refractivity contribution in [2.45, 2.75) is 32.2 Å². The van der Waals surface area contributed by atoms with Crippen molar-refractivity contribution in [2.75, 3.05) is 6.54 Å². The molecular formula is C22H22N2O2. The van der Waals surface area contributed by atoms with Gasteiger partial charge in [0.2, 0.25) is 0 Å². The van der Waals surface area contributed by atoms with Crippen LogP contribution in [0, 0.1) is 6.92 Å². The number of pyridine rings is 1. The minimum absolute atomic E-state index is 0.0600. The maximum Gasteiger partial charge on any atom is 0.254 e. The average molecular weight is 346 g/mol. The van der Waals surface area contributed by atoms with Crippen molar-refractivity contribution in [3.63, 3.8) is 0 Å². The number of rotatable bonds is 3. The number of piperidine rings is 1. The molecule has 0 aliphatic carbocycles. The van der Waals surface area contributed by atoms with E-state index in [0.29, 0.717) is 5.56 Å². The van der Waals surface area contributed by atoms with Crippen LogP contribution in [0.4, 0.5) is 0 Å². The largest absolute Gasteiger partial charge is 0.461 e. The van der Waals surface area contributed by atoms with Gasteiger partial charge < -0.3 is 9.32 Å². The summed E-state index contributed by atoms with van der Waals surface area (Å²) >= 11 is 0. The Hall–Kier alpha value is -2.88. The molecule has 0 spiro atoms. The summed E-state index contributed by atoms with van der Waals surface area (Å²) in [6.45, 7) is 2.70. The lowest BCUT2D eigenvalue weighted by molar-refractivity contribution is 0.0606. The van der Waals surface area contributed by atoms with Gasteiger partial charge in [0.1, 0.15) is 11.5 Å². The summed E-state index contributed by atoms with van der Waals surface area (Å²) < 4.78 is 5.66. The molecule has 1 aromatic carbocycles. The molecule has 26 heavy (non-hydrogen) atoms. The highest BCUT2D eigenvalue weighted by molar-refractivity contribution is 5.95. The number of nitrogens with zero attached hydrogens (tertiary/aromatic N) is 2. The van der Waals surface area contributed by atoms with E-state index in [0.717, 1.165) is 48.6 Å². The van der Waals surface area contributed by atoms with E-state index in [1.165, 1.54) is 0 Å². The van der Waals surface area contributed by atoms with Crippen LogP contribution in [0.2, 0.25) is 0 Å². The smallest absolute Gasteiger partial charge is 0.254 e. The summed E-state index contributed by atoms with van der Waals surface area (Å²) in [5, 5.41) is 0. The predicted molar refractivity (Wildman–Crippen MR) is 101 cm³/mol. The van der Waals surface area contributed by atoms with E-state index in [9.17, 15) is 4.79 Å². The van der Waals surface area contributed by atoms with Gasteiger partial charge in [0.05, 0.1) is 11.7 Å². The Morgan fingerprint density at radius 1 is 1.08 bits per heavy atom. The fourth-order valence-corrected chi connectivity index (χ4v) is 3.59. The van der Waals surface area contributed by atoms with E-state index < -0.39 is 0 Å². The third kappa shape index (κ3) is 3.27. The molecule has 2 aromatic heterocycles. The SMILES string of the molecule is Cc1ccc(-c2ccc(C(=O)N3CCCC[C@H]3c3ccccn3)cc2)o1. The number of aryl methyl sites for hydroxylation is 1. The molecule has 0 saturated carbocycles. The number of benzene rings is 1. The van der Waals surface area contributed by atoms with Gasteiger partial charge in [-0.3, -0.25) is 9.78 Å². The van der Waals surface area contributed by atoms with Crippen LogP contribution in [0.1, 0.15) is 47.1 Å². The van der Waals surface area contributed by atoms with Crippen molar-refractivity contribution in [3.8, 4) is 11.3 Å². The van der Waals surface area contributed by atoms with Gasteiger partial charge in [0, 0.05) is 23.9 Å². The Morgan fingerprint density at radius 2 is 1.92 bits per heavy atom. The lowest BCUT2D eigenvalue weighted by atomic mass is 9.97. The van der Waals surface area contributed by atoms with Crippen LogP contribution in [0.25, 0.3) is 11.3 Å². The van der Waals surface area contributed by atoms with Crippen LogP contribution in [0.15, 0.2) is 65.2 Å². The van der Waals surface area contributed by atoms with Crippen LogP contribution in [-0.2, 0) is 0 Å². The second-order valence-electron chi connectivity index (χ2n) is 6.75. The van der Waals surface area contributed by atoms with E-state index >= 15 is 0 Å². The number of carbonyl (C=O) groups is 1. The molecule has 4 rings (SSSR count). The molecule has 1 amide bonds. The van der Waals surface area contributed by atoms with E-state index in [-0.39, 0.29) is 11.9 Å². The molecule has 1 aliphatic heterocycles. The van der Waals surface area contributed by atoms with Crippen molar-refractivity contribution >= 4 is 5.91 Å². The Labute approximate surface area is 153 Å². The van der Waals surface area contributed by atoms with Crippen LogP contribution in [0.5, 0.6) is 0 Å². The monoisotopic (exact) mass is 346 g/mol. The number of likely N-dealkylation sites (tertiary alicyclic amines) is 1. The molecule has 4 nitrogen and oxygen atoms in total. The summed E-state index contributed by atoms with van der Waals surface area (Å²) in [6, 6.07) is 17.5. The molecule has 1 fully saturated rings. The lowest BCUT2D eigenvalue weighted by Gasteiger charge is -2.35. The number of amides is 1. The van der Waals surface area contributed by atoms with Gasteiger partial charge in [-0.05, 0) is 62.6 Å². The summed E-state index contributed by atoms with van der Waals surface area (Å²) in [5.41, 5.74) is 2.66. The molecule has 3 aromatic rings. The van der Waals surface area contributed by atoms with E-state index in [2.05, 4.69) is 4.98 Å². The maximum atomic E-state index is 13.1. The number of hydrogen-bond acceptors (Lipinski definition) is 3. The fourth-order valence-electron chi connectivity index (χ4n) is 3.59. The minimum Gasteiger partial charge on any atom is -0.461 e. The average Bonchev–Trinajstić information content (AvgIpc) is 3.14. The molecule has 132 valence electrons. The molecule has 0 bridgehead atoms. The van der Waals surface area contributed by atoms with E-state index in [1.54, 1.807) is 6.20 Å². The molecule has 1 aliphatic rings. The van der Waals surface area contributed by atoms with E-state index in [4.69, 9.17) is 4.42 Å². The molecule has 3 heterocycles. The van der Waals surface area contributed by atoms with Crippen molar-refractivity contribution < 1.29 is 9.21 Å². The summed E-state index contributed by atoms with van der Waals surface area (Å²) in [6.07, 6.45) is 4.93. The highest BCUT2D eigenvalue weighted by atomic mass is 16.3. The zero-order chi connectivity index (χ0) is 17.9. The minimum atomic E-state index is 0.0600. The first-order chi connectivity index (χ1) is 12.7. The number of hydrogen-bond donors (Lipinski definition) is 0. The van der Waals surface area contributed by atoms with Gasteiger partial charge in [-0.25, -0.2) is 0 Å². The fraction of sp³-hybridized carbons (Fsp3) is 0.273. The highest BCUT2D eigenvalue weighted by Gasteiger charge is 2.29. The van der Waals surface area contributed by atoms with Gasteiger partial charge in [-0.15, -0.1) is 0 Å². The Kier molecular flexibility index (Phi) is 4.57. The van der Waals surface area contributed by atoms with Crippen molar-refractivity contribution in [2.24, 2.45) is 0 Å². The first-order valence-electron chi connectivity index (χ1n) is 9.11. The summed E-state index contributed by atoms with van der Waals surface area (Å²) in [5.74, 6) is 1.78. The molecule has 0 N–H and O–H groups in total. The van der Waals surface area contributed by atoms with Crippen molar-refractivity contribution in [3.05, 3.63) is 77.8 Å². The molecule has 1 saturated heterocycles. The van der Waals surface area contributed by atoms with Crippen LogP contribution in [0.3, 0.4) is 0 Å². The van der Waals surface area contributed by atoms with Crippen LogP contribution in [-0.4, -0.2) is 22.3 Å². The molecule has 0 unspecified atom stereocenters. The molecule has 4 heteroatoms. The zero-order valence-electron chi connectivity index (χ0n) is 14.9. The third-order valence-electron chi connectivity index (χ3n) is 4.95. The predicted octanol–water partition coefficient (Wildman–Crippen LogP) is 5.02. The Bertz CT molecular complexity index is 884. The van der Waals surface area contributed by atoms with Gasteiger partial charge in [0.25, 0.3) is 5.91 Å². The van der Waals surface area contributed by atoms with Gasteiger partial charge in [0.15, 0.2) is 0 Å². The van der Waals surface area contributed by atoms with Gasteiger partial charge in [-0.1, -0.05) is 18.2 Å². The second-order valence-corrected chi connectivity index (χ2v) is 6.75. The molecular weight excluding hydrogens is 324 g/mol. The third-order valence-corrected chi connectivity index (χ3v) is 4.95. The van der Waals surface area contributed by atoms with Crippen LogP contribution >= 0.6 is 0 Å². The van der Waals surface area contributed by atoms with Gasteiger partial charge in [-0.2, -0.15) is 0 Å². The number of aromatic nitrogens is 1. The number of carbonyl (C=O) groups excluding carboxylic acids is 1. The first-order valence-corrected chi connectivity index (χ1v) is 9.11. The number of furan rings is 1. The maximum absolute atomic E-state index is 13.1.